The van der Waals surface area contributed by atoms with Crippen LogP contribution in [-0.4, -0.2) is 16.2 Å². The van der Waals surface area contributed by atoms with Gasteiger partial charge < -0.3 is 14.6 Å². The van der Waals surface area contributed by atoms with Gasteiger partial charge in [-0.3, -0.25) is 4.98 Å². The molecule has 3 rings (SSSR count). The van der Waals surface area contributed by atoms with Crippen LogP contribution in [0.1, 0.15) is 30.6 Å². The Morgan fingerprint density at radius 3 is 2.31 bits per heavy atom. The van der Waals surface area contributed by atoms with Gasteiger partial charge in [0.1, 0.15) is 24.2 Å². The maximum Gasteiger partial charge on any atom is 0.128 e. The molecule has 1 heterocycles. The smallest absolute Gasteiger partial charge is 0.128 e. The topological polar surface area (TPSA) is 51.6 Å². The number of hydrogen-bond acceptors (Lipinski definition) is 4. The molecule has 0 bridgehead atoms. The maximum atomic E-state index is 9.76. The minimum absolute atomic E-state index is 0.250. The lowest BCUT2D eigenvalue weighted by molar-refractivity contribution is 0.106. The lowest BCUT2D eigenvalue weighted by Crippen LogP contribution is -2.14. The molecule has 0 aliphatic carbocycles. The van der Waals surface area contributed by atoms with Crippen molar-refractivity contribution >= 4 is 0 Å². The van der Waals surface area contributed by atoms with Crippen molar-refractivity contribution in [1.82, 2.24) is 4.98 Å². The molecule has 3 aromatic rings. The Hall–Kier alpha value is -2.85. The number of pyridine rings is 1. The average Bonchev–Trinajstić information content (AvgIpc) is 2.68. The zero-order valence-electron chi connectivity index (χ0n) is 14.8. The van der Waals surface area contributed by atoms with Crippen LogP contribution in [0.4, 0.5) is 0 Å². The van der Waals surface area contributed by atoms with E-state index in [2.05, 4.69) is 4.98 Å². The van der Waals surface area contributed by atoms with Gasteiger partial charge in [0.25, 0.3) is 0 Å². The van der Waals surface area contributed by atoms with E-state index in [4.69, 9.17) is 9.47 Å². The Bertz CT molecular complexity index is 774. The molecular weight excluding hydrogens is 326 g/mol. The molecule has 26 heavy (non-hydrogen) atoms. The second-order valence-electron chi connectivity index (χ2n) is 6.22. The summed E-state index contributed by atoms with van der Waals surface area (Å²) in [7, 11) is 0. The quantitative estimate of drug-likeness (QED) is 0.648. The van der Waals surface area contributed by atoms with Crippen LogP contribution in [-0.2, 0) is 6.61 Å². The summed E-state index contributed by atoms with van der Waals surface area (Å²) in [6.45, 7) is 2.29. The van der Waals surface area contributed by atoms with Gasteiger partial charge >= 0.3 is 0 Å². The standard InChI is InChI=1S/C22H23NO3/c1-17(24)14-22(19-8-5-13-23-15-19)26-21-11-9-20(10-12-21)25-16-18-6-3-2-4-7-18/h2-13,15,17,22,24H,14,16H2,1H3. The molecule has 4 nitrogen and oxygen atoms in total. The predicted octanol–water partition coefficient (Wildman–Crippen LogP) is 4.55. The van der Waals surface area contributed by atoms with E-state index in [0.717, 1.165) is 22.6 Å². The minimum atomic E-state index is -0.464. The Morgan fingerprint density at radius 2 is 1.65 bits per heavy atom. The molecule has 1 aromatic heterocycles. The molecule has 4 heteroatoms. The van der Waals surface area contributed by atoms with Crippen molar-refractivity contribution in [3.8, 4) is 11.5 Å². The Kier molecular flexibility index (Phi) is 6.23. The third-order valence-corrected chi connectivity index (χ3v) is 3.96. The number of nitrogens with zero attached hydrogens (tertiary/aromatic N) is 1. The molecule has 2 atom stereocenters. The third-order valence-electron chi connectivity index (χ3n) is 3.96. The summed E-state index contributed by atoms with van der Waals surface area (Å²) in [5.74, 6) is 1.52. The molecule has 134 valence electrons. The van der Waals surface area contributed by atoms with Gasteiger partial charge in [0.05, 0.1) is 6.10 Å². The first-order chi connectivity index (χ1) is 12.7. The van der Waals surface area contributed by atoms with Crippen LogP contribution in [0.5, 0.6) is 11.5 Å². The van der Waals surface area contributed by atoms with Crippen LogP contribution in [0.25, 0.3) is 0 Å². The normalized spacial score (nSPS) is 13.0. The largest absolute Gasteiger partial charge is 0.489 e. The van der Waals surface area contributed by atoms with E-state index in [-0.39, 0.29) is 6.10 Å². The number of ether oxygens (including phenoxy) is 2. The molecule has 2 aromatic carbocycles. The van der Waals surface area contributed by atoms with Crippen LogP contribution in [0.15, 0.2) is 79.1 Å². The van der Waals surface area contributed by atoms with Crippen molar-refractivity contribution in [2.24, 2.45) is 0 Å². The van der Waals surface area contributed by atoms with Crippen LogP contribution in [0, 0.1) is 0 Å². The monoisotopic (exact) mass is 349 g/mol. The van der Waals surface area contributed by atoms with Gasteiger partial charge in [0, 0.05) is 24.4 Å². The summed E-state index contributed by atoms with van der Waals surface area (Å²) in [5, 5.41) is 9.76. The Morgan fingerprint density at radius 1 is 0.923 bits per heavy atom. The lowest BCUT2D eigenvalue weighted by atomic mass is 10.1. The summed E-state index contributed by atoms with van der Waals surface area (Å²) in [6.07, 6.45) is 3.28. The first-order valence-electron chi connectivity index (χ1n) is 8.72. The molecular formula is C22H23NO3. The van der Waals surface area contributed by atoms with Gasteiger partial charge in [-0.2, -0.15) is 0 Å². The third kappa shape index (κ3) is 5.33. The fraction of sp³-hybridized carbons (Fsp3) is 0.227. The second-order valence-corrected chi connectivity index (χ2v) is 6.22. The highest BCUT2D eigenvalue weighted by molar-refractivity contribution is 5.32. The molecule has 1 N–H and O–H groups in total. The average molecular weight is 349 g/mol. The second kappa shape index (κ2) is 9.02. The first-order valence-corrected chi connectivity index (χ1v) is 8.72. The molecule has 0 aliphatic rings. The number of benzene rings is 2. The van der Waals surface area contributed by atoms with Crippen molar-refractivity contribution in [3.05, 3.63) is 90.3 Å². The van der Waals surface area contributed by atoms with Crippen molar-refractivity contribution in [2.75, 3.05) is 0 Å². The highest BCUT2D eigenvalue weighted by Gasteiger charge is 2.16. The summed E-state index contributed by atoms with van der Waals surface area (Å²) >= 11 is 0. The van der Waals surface area contributed by atoms with Gasteiger partial charge in [-0.25, -0.2) is 0 Å². The van der Waals surface area contributed by atoms with E-state index < -0.39 is 6.10 Å². The van der Waals surface area contributed by atoms with Crippen molar-refractivity contribution in [1.29, 1.82) is 0 Å². The number of hydrogen-bond donors (Lipinski definition) is 1. The highest BCUT2D eigenvalue weighted by atomic mass is 16.5. The van der Waals surface area contributed by atoms with Gasteiger partial charge in [-0.15, -0.1) is 0 Å². The van der Waals surface area contributed by atoms with E-state index in [1.807, 2.05) is 66.7 Å². The minimum Gasteiger partial charge on any atom is -0.489 e. The summed E-state index contributed by atoms with van der Waals surface area (Å²) in [6, 6.07) is 21.4. The Labute approximate surface area is 154 Å². The number of aromatic nitrogens is 1. The van der Waals surface area contributed by atoms with Crippen LogP contribution < -0.4 is 9.47 Å². The molecule has 0 aliphatic heterocycles. The van der Waals surface area contributed by atoms with Crippen molar-refractivity contribution in [3.63, 3.8) is 0 Å². The van der Waals surface area contributed by atoms with E-state index in [1.165, 1.54) is 0 Å². The van der Waals surface area contributed by atoms with Gasteiger partial charge in [-0.05, 0) is 42.8 Å². The van der Waals surface area contributed by atoms with E-state index in [1.54, 1.807) is 19.3 Å². The molecule has 0 amide bonds. The number of aliphatic hydroxyl groups is 1. The maximum absolute atomic E-state index is 9.76. The lowest BCUT2D eigenvalue weighted by Gasteiger charge is -2.21. The number of rotatable bonds is 8. The summed E-state index contributed by atoms with van der Waals surface area (Å²) in [4.78, 5) is 4.14. The number of aliphatic hydroxyl groups excluding tert-OH is 1. The van der Waals surface area contributed by atoms with Crippen molar-refractivity contribution in [2.45, 2.75) is 32.2 Å². The molecule has 0 radical (unpaired) electrons. The zero-order valence-corrected chi connectivity index (χ0v) is 14.8. The molecule has 0 saturated carbocycles. The zero-order chi connectivity index (χ0) is 18.2. The highest BCUT2D eigenvalue weighted by Crippen LogP contribution is 2.27. The molecule has 0 spiro atoms. The predicted molar refractivity (Wildman–Crippen MR) is 101 cm³/mol. The summed E-state index contributed by atoms with van der Waals surface area (Å²) < 4.78 is 11.9. The fourth-order valence-electron chi connectivity index (χ4n) is 2.65. The first kappa shape index (κ1) is 18.0. The van der Waals surface area contributed by atoms with Crippen LogP contribution >= 0.6 is 0 Å². The van der Waals surface area contributed by atoms with Crippen LogP contribution in [0.2, 0.25) is 0 Å². The van der Waals surface area contributed by atoms with E-state index in [0.29, 0.717) is 13.0 Å². The SMILES string of the molecule is CC(O)CC(Oc1ccc(OCc2ccccc2)cc1)c1cccnc1. The molecule has 0 saturated heterocycles. The van der Waals surface area contributed by atoms with Gasteiger partial charge in [0.15, 0.2) is 0 Å². The van der Waals surface area contributed by atoms with Crippen molar-refractivity contribution < 1.29 is 14.6 Å². The summed E-state index contributed by atoms with van der Waals surface area (Å²) in [5.41, 5.74) is 2.07. The fourth-order valence-corrected chi connectivity index (χ4v) is 2.65. The van der Waals surface area contributed by atoms with Gasteiger partial charge in [0.2, 0.25) is 0 Å². The Balaban J connectivity index is 1.63. The van der Waals surface area contributed by atoms with Gasteiger partial charge in [-0.1, -0.05) is 36.4 Å². The van der Waals surface area contributed by atoms with Crippen LogP contribution in [0.3, 0.4) is 0 Å². The van der Waals surface area contributed by atoms with E-state index in [9.17, 15) is 5.11 Å². The molecule has 0 fully saturated rings. The van der Waals surface area contributed by atoms with E-state index >= 15 is 0 Å². The molecule has 2 unspecified atom stereocenters.